The van der Waals surface area contributed by atoms with Gasteiger partial charge in [-0.15, -0.1) is 0 Å². The zero-order valence-corrected chi connectivity index (χ0v) is 69.3. The van der Waals surface area contributed by atoms with Crippen molar-refractivity contribution in [3.8, 4) is 0 Å². The molecule has 17 nitrogen and oxygen atoms in total. The minimum atomic E-state index is -4.96. The molecule has 0 rings (SSSR count). The Bertz CT molecular complexity index is 1960. The minimum absolute atomic E-state index is 0.107. The van der Waals surface area contributed by atoms with Gasteiger partial charge in [0.05, 0.1) is 26.4 Å². The number of carbonyl (C=O) groups is 4. The molecule has 0 fully saturated rings. The predicted octanol–water partition coefficient (Wildman–Crippen LogP) is 25.6. The molecule has 0 saturated heterocycles. The van der Waals surface area contributed by atoms with Gasteiger partial charge in [0.25, 0.3) is 0 Å². The summed E-state index contributed by atoms with van der Waals surface area (Å²) in [6.07, 6.45) is 69.2. The lowest BCUT2D eigenvalue weighted by molar-refractivity contribution is -0.161. The smallest absolute Gasteiger partial charge is 0.462 e. The fourth-order valence-electron chi connectivity index (χ4n) is 13.1. The summed E-state index contributed by atoms with van der Waals surface area (Å²) in [5.74, 6) is -1.30. The summed E-state index contributed by atoms with van der Waals surface area (Å²) in [5, 5.41) is 10.7. The molecule has 0 aliphatic heterocycles. The van der Waals surface area contributed by atoms with E-state index in [0.717, 1.165) is 95.8 Å². The van der Waals surface area contributed by atoms with Crippen LogP contribution in [-0.2, 0) is 65.4 Å². The summed E-state index contributed by atoms with van der Waals surface area (Å²) in [5.41, 5.74) is 0. The van der Waals surface area contributed by atoms with E-state index in [0.29, 0.717) is 25.7 Å². The Morgan fingerprint density at radius 2 is 0.466 bits per heavy atom. The van der Waals surface area contributed by atoms with Crippen molar-refractivity contribution in [2.45, 2.75) is 470 Å². The highest BCUT2D eigenvalue weighted by Crippen LogP contribution is 2.45. The van der Waals surface area contributed by atoms with E-state index >= 15 is 0 Å². The fourth-order valence-corrected chi connectivity index (χ4v) is 14.7. The molecule has 3 unspecified atom stereocenters. The molecule has 103 heavy (non-hydrogen) atoms. The van der Waals surface area contributed by atoms with Gasteiger partial charge in [0.1, 0.15) is 19.3 Å². The molecule has 0 aliphatic rings. The third kappa shape index (κ3) is 76.6. The van der Waals surface area contributed by atoms with Gasteiger partial charge in [-0.3, -0.25) is 37.3 Å². The number of rotatable bonds is 84. The van der Waals surface area contributed by atoms with Crippen LogP contribution < -0.4 is 0 Å². The van der Waals surface area contributed by atoms with Crippen molar-refractivity contribution >= 4 is 39.5 Å². The van der Waals surface area contributed by atoms with Crippen LogP contribution in [-0.4, -0.2) is 96.7 Å². The van der Waals surface area contributed by atoms with E-state index in [4.69, 9.17) is 37.0 Å². The number of aliphatic hydroxyl groups excluding tert-OH is 1. The molecule has 3 N–H and O–H groups in total. The van der Waals surface area contributed by atoms with E-state index in [1.165, 1.54) is 276 Å². The summed E-state index contributed by atoms with van der Waals surface area (Å²) in [6, 6.07) is 0. The van der Waals surface area contributed by atoms with Crippen LogP contribution in [0.1, 0.15) is 452 Å². The Hall–Kier alpha value is -1.94. The monoisotopic (exact) mass is 1510 g/mol. The standard InChI is InChI=1S/C84H164O17P2/c1-6-10-13-16-19-22-25-28-30-32-33-34-35-37-40-43-49-54-59-64-69-83(88)100-79(73-95-82(87)68-63-58-53-48-42-39-36-31-29-26-23-20-17-14-11-7-2)75-98-102(90,91)96-71-78(85)72-97-103(92,93)99-76-80(74-94-81(86)67-62-57-52-47-41-38-27-24-21-18-15-12-8-3)101-84(89)70-65-60-55-50-45-44-46-51-56-61-66-77(5)9-4/h77-80,85H,6-76H2,1-5H3,(H,90,91)(H,92,93)/t77?,78-,79-,80-/m1/s1. The van der Waals surface area contributed by atoms with E-state index in [2.05, 4.69) is 34.6 Å². The van der Waals surface area contributed by atoms with Crippen LogP contribution in [0.15, 0.2) is 0 Å². The first kappa shape index (κ1) is 101. The van der Waals surface area contributed by atoms with E-state index in [-0.39, 0.29) is 25.7 Å². The summed E-state index contributed by atoms with van der Waals surface area (Å²) in [7, 11) is -9.92. The predicted molar refractivity (Wildman–Crippen MR) is 423 cm³/mol. The van der Waals surface area contributed by atoms with Crippen LogP contribution in [0.5, 0.6) is 0 Å². The summed E-state index contributed by atoms with van der Waals surface area (Å²) < 4.78 is 68.9. The molecule has 19 heteroatoms. The zero-order valence-electron chi connectivity index (χ0n) is 67.5. The molecule has 0 aromatic rings. The van der Waals surface area contributed by atoms with Crippen molar-refractivity contribution in [2.24, 2.45) is 5.92 Å². The highest BCUT2D eigenvalue weighted by atomic mass is 31.2. The molecule has 0 aromatic heterocycles. The van der Waals surface area contributed by atoms with Crippen LogP contribution in [0.25, 0.3) is 0 Å². The number of carbonyl (C=O) groups excluding carboxylic acids is 4. The van der Waals surface area contributed by atoms with Crippen molar-refractivity contribution in [3.05, 3.63) is 0 Å². The third-order valence-electron chi connectivity index (χ3n) is 20.1. The quantitative estimate of drug-likeness (QED) is 0.0222. The maximum Gasteiger partial charge on any atom is 0.472 e. The molecule has 612 valence electrons. The largest absolute Gasteiger partial charge is 0.472 e. The Balaban J connectivity index is 5.26. The van der Waals surface area contributed by atoms with Gasteiger partial charge in [-0.1, -0.05) is 401 Å². The second-order valence-corrected chi connectivity index (χ2v) is 33.4. The van der Waals surface area contributed by atoms with Crippen molar-refractivity contribution in [1.82, 2.24) is 0 Å². The normalized spacial score (nSPS) is 14.1. The van der Waals surface area contributed by atoms with Crippen LogP contribution in [0.3, 0.4) is 0 Å². The Labute approximate surface area is 632 Å². The summed E-state index contributed by atoms with van der Waals surface area (Å²) in [4.78, 5) is 73.2. The van der Waals surface area contributed by atoms with Crippen molar-refractivity contribution in [1.29, 1.82) is 0 Å². The Morgan fingerprint density at radius 3 is 0.689 bits per heavy atom. The molecule has 0 radical (unpaired) electrons. The molecule has 0 aliphatic carbocycles. The molecular formula is C84H164O17P2. The van der Waals surface area contributed by atoms with Crippen molar-refractivity contribution in [2.75, 3.05) is 39.6 Å². The second-order valence-electron chi connectivity index (χ2n) is 30.5. The first-order valence-corrected chi connectivity index (χ1v) is 46.7. The number of hydrogen-bond donors (Lipinski definition) is 3. The summed E-state index contributed by atoms with van der Waals surface area (Å²) >= 11 is 0. The van der Waals surface area contributed by atoms with Crippen LogP contribution in [0.2, 0.25) is 0 Å². The van der Waals surface area contributed by atoms with Gasteiger partial charge >= 0.3 is 39.5 Å². The number of esters is 4. The van der Waals surface area contributed by atoms with Crippen molar-refractivity contribution in [3.63, 3.8) is 0 Å². The molecule has 6 atom stereocenters. The lowest BCUT2D eigenvalue weighted by Crippen LogP contribution is -2.30. The minimum Gasteiger partial charge on any atom is -0.462 e. The van der Waals surface area contributed by atoms with Crippen LogP contribution in [0, 0.1) is 5.92 Å². The Kier molecular flexibility index (Phi) is 75.4. The molecule has 0 amide bonds. The lowest BCUT2D eigenvalue weighted by Gasteiger charge is -2.21. The maximum absolute atomic E-state index is 13.1. The lowest BCUT2D eigenvalue weighted by atomic mass is 9.99. The van der Waals surface area contributed by atoms with Crippen molar-refractivity contribution < 1.29 is 80.2 Å². The van der Waals surface area contributed by atoms with E-state index in [1.54, 1.807) is 0 Å². The molecule has 0 saturated carbocycles. The first-order valence-electron chi connectivity index (χ1n) is 43.7. The molecule has 0 bridgehead atoms. The number of phosphoric ester groups is 2. The van der Waals surface area contributed by atoms with E-state index in [1.807, 2.05) is 0 Å². The van der Waals surface area contributed by atoms with Gasteiger partial charge in [0, 0.05) is 25.7 Å². The molecule has 0 heterocycles. The average Bonchev–Trinajstić information content (AvgIpc) is 0.921. The Morgan fingerprint density at radius 1 is 0.272 bits per heavy atom. The number of hydrogen-bond acceptors (Lipinski definition) is 15. The van der Waals surface area contributed by atoms with Gasteiger partial charge in [-0.05, 0) is 31.6 Å². The number of ether oxygens (including phenoxy) is 4. The van der Waals surface area contributed by atoms with Gasteiger partial charge in [-0.25, -0.2) is 9.13 Å². The summed E-state index contributed by atoms with van der Waals surface area (Å²) in [6.45, 7) is 7.38. The highest BCUT2D eigenvalue weighted by molar-refractivity contribution is 7.47. The van der Waals surface area contributed by atoms with Gasteiger partial charge in [0.2, 0.25) is 0 Å². The fraction of sp³-hybridized carbons (Fsp3) is 0.952. The SMILES string of the molecule is CCCCCCCCCCCCCCCCCCCCCCC(=O)O[C@H](COC(=O)CCCCCCCCCCCCCCCCCC)COP(=O)(O)OC[C@@H](O)COP(=O)(O)OC[C@@H](COC(=O)CCCCCCCCCCCCCCC)OC(=O)CCCCCCCCCCCCC(C)CC. The topological polar surface area (TPSA) is 237 Å². The molecular weight excluding hydrogens is 1340 g/mol. The first-order chi connectivity index (χ1) is 50.1. The van der Waals surface area contributed by atoms with Crippen LogP contribution in [0.4, 0.5) is 0 Å². The molecule has 0 aromatic carbocycles. The van der Waals surface area contributed by atoms with Gasteiger partial charge in [0.15, 0.2) is 12.2 Å². The number of unbranched alkanes of at least 4 members (excludes halogenated alkanes) is 55. The average molecular weight is 1510 g/mol. The molecule has 0 spiro atoms. The third-order valence-corrected chi connectivity index (χ3v) is 22.0. The van der Waals surface area contributed by atoms with Gasteiger partial charge < -0.3 is 33.8 Å². The van der Waals surface area contributed by atoms with Crippen LogP contribution >= 0.6 is 15.6 Å². The number of aliphatic hydroxyl groups is 1. The van der Waals surface area contributed by atoms with E-state index < -0.39 is 97.5 Å². The second kappa shape index (κ2) is 76.8. The zero-order chi connectivity index (χ0) is 75.5. The highest BCUT2D eigenvalue weighted by Gasteiger charge is 2.30. The van der Waals surface area contributed by atoms with Gasteiger partial charge in [-0.2, -0.15) is 0 Å². The maximum atomic E-state index is 13.1. The number of phosphoric acid groups is 2. The van der Waals surface area contributed by atoms with E-state index in [9.17, 15) is 43.2 Å².